The average molecular weight is 484 g/mol. The van der Waals surface area contributed by atoms with Gasteiger partial charge in [0.25, 0.3) is 5.91 Å². The smallest absolute Gasteiger partial charge is 0.258 e. The van der Waals surface area contributed by atoms with Gasteiger partial charge in [-0.25, -0.2) is 13.4 Å². The molecule has 3 aromatic carbocycles. The molecule has 0 unspecified atom stereocenters. The Balaban J connectivity index is 1.69. The molecule has 0 spiro atoms. The van der Waals surface area contributed by atoms with Crippen LogP contribution in [0.25, 0.3) is 10.2 Å². The van der Waals surface area contributed by atoms with Crippen LogP contribution in [0.15, 0.2) is 81.4 Å². The number of aromatic nitrogens is 1. The number of nitrogens with zero attached hydrogens (tertiary/aromatic N) is 1. The number of hydrogen-bond acceptors (Lipinski definition) is 7. The molecule has 2 amide bonds. The molecule has 0 saturated carbocycles. The summed E-state index contributed by atoms with van der Waals surface area (Å²) >= 11 is 2.44. The molecule has 0 aliphatic carbocycles. The van der Waals surface area contributed by atoms with Gasteiger partial charge in [-0.15, -0.1) is 0 Å². The summed E-state index contributed by atoms with van der Waals surface area (Å²) in [6, 6.07) is 18.7. The molecule has 4 rings (SSSR count). The van der Waals surface area contributed by atoms with Crippen molar-refractivity contribution in [3.8, 4) is 0 Å². The number of sulfone groups is 1. The maximum absolute atomic E-state index is 13.1. The summed E-state index contributed by atoms with van der Waals surface area (Å²) in [6.45, 7) is 0. The number of thiazole rings is 1. The lowest BCUT2D eigenvalue weighted by atomic mass is 10.1. The Bertz CT molecular complexity index is 1450. The van der Waals surface area contributed by atoms with E-state index in [0.717, 1.165) is 22.5 Å². The molecule has 10 heteroatoms. The van der Waals surface area contributed by atoms with Crippen molar-refractivity contribution in [1.29, 1.82) is 0 Å². The number of nitrogens with two attached hydrogens (primary N) is 1. The zero-order valence-corrected chi connectivity index (χ0v) is 19.2. The number of rotatable bonds is 6. The van der Waals surface area contributed by atoms with E-state index in [1.54, 1.807) is 24.3 Å². The predicted molar refractivity (Wildman–Crippen MR) is 126 cm³/mol. The quantitative estimate of drug-likeness (QED) is 0.424. The Kier molecular flexibility index (Phi) is 6.00. The zero-order chi connectivity index (χ0) is 22.9. The SMILES string of the molecule is CS(=O)(=O)c1ccc2nc(NC(=O)c3cccc(C(N)=O)c3Sc3ccccc3)sc2c1. The monoisotopic (exact) mass is 483 g/mol. The van der Waals surface area contributed by atoms with Gasteiger partial charge in [0.05, 0.1) is 26.2 Å². The fraction of sp³-hybridized carbons (Fsp3) is 0.0455. The summed E-state index contributed by atoms with van der Waals surface area (Å²) in [4.78, 5) is 30.9. The van der Waals surface area contributed by atoms with Gasteiger partial charge in [-0.1, -0.05) is 47.4 Å². The number of anilines is 1. The number of primary amides is 1. The summed E-state index contributed by atoms with van der Waals surface area (Å²) in [5.74, 6) is -1.08. The van der Waals surface area contributed by atoms with E-state index in [2.05, 4.69) is 10.3 Å². The van der Waals surface area contributed by atoms with Gasteiger partial charge in [-0.3, -0.25) is 14.9 Å². The highest BCUT2D eigenvalue weighted by molar-refractivity contribution is 7.99. The summed E-state index contributed by atoms with van der Waals surface area (Å²) in [7, 11) is -3.35. The lowest BCUT2D eigenvalue weighted by molar-refractivity contribution is 0.0997. The molecule has 4 aromatic rings. The van der Waals surface area contributed by atoms with Gasteiger partial charge in [0, 0.05) is 16.0 Å². The highest BCUT2D eigenvalue weighted by atomic mass is 32.2. The van der Waals surface area contributed by atoms with E-state index in [9.17, 15) is 18.0 Å². The van der Waals surface area contributed by atoms with E-state index in [1.165, 1.54) is 23.9 Å². The minimum Gasteiger partial charge on any atom is -0.366 e. The fourth-order valence-corrected chi connectivity index (χ4v) is 5.68. The highest BCUT2D eigenvalue weighted by Gasteiger charge is 2.20. The first-order valence-electron chi connectivity index (χ1n) is 9.30. The second-order valence-electron chi connectivity index (χ2n) is 6.84. The number of amides is 2. The van der Waals surface area contributed by atoms with E-state index >= 15 is 0 Å². The minimum absolute atomic E-state index is 0.183. The predicted octanol–water partition coefficient (Wildman–Crippen LogP) is 4.20. The maximum Gasteiger partial charge on any atom is 0.258 e. The molecular weight excluding hydrogens is 466 g/mol. The van der Waals surface area contributed by atoms with Crippen LogP contribution in [0.5, 0.6) is 0 Å². The summed E-state index contributed by atoms with van der Waals surface area (Å²) in [5, 5.41) is 3.07. The number of benzene rings is 3. The molecule has 7 nitrogen and oxygen atoms in total. The van der Waals surface area contributed by atoms with E-state index in [0.29, 0.717) is 20.2 Å². The third-order valence-electron chi connectivity index (χ3n) is 4.50. The van der Waals surface area contributed by atoms with Gasteiger partial charge < -0.3 is 5.73 Å². The molecule has 3 N–H and O–H groups in total. The van der Waals surface area contributed by atoms with Crippen LogP contribution in [-0.4, -0.2) is 31.5 Å². The van der Waals surface area contributed by atoms with Crippen molar-refractivity contribution in [3.05, 3.63) is 77.9 Å². The highest BCUT2D eigenvalue weighted by Crippen LogP contribution is 2.34. The molecule has 32 heavy (non-hydrogen) atoms. The van der Waals surface area contributed by atoms with Crippen LogP contribution in [0, 0.1) is 0 Å². The topological polar surface area (TPSA) is 119 Å². The van der Waals surface area contributed by atoms with Crippen molar-refractivity contribution in [2.75, 3.05) is 11.6 Å². The van der Waals surface area contributed by atoms with Crippen molar-refractivity contribution in [1.82, 2.24) is 4.98 Å². The Labute approximate surface area is 192 Å². The minimum atomic E-state index is -3.35. The molecule has 0 fully saturated rings. The first-order chi connectivity index (χ1) is 15.2. The van der Waals surface area contributed by atoms with Crippen molar-refractivity contribution in [2.45, 2.75) is 14.7 Å². The Morgan fingerprint density at radius 1 is 1.00 bits per heavy atom. The van der Waals surface area contributed by atoms with E-state index in [-0.39, 0.29) is 16.0 Å². The average Bonchev–Trinajstić information content (AvgIpc) is 3.15. The number of hydrogen-bond donors (Lipinski definition) is 2. The first kappa shape index (κ1) is 22.0. The van der Waals surface area contributed by atoms with Gasteiger partial charge in [-0.2, -0.15) is 0 Å². The van der Waals surface area contributed by atoms with Crippen LogP contribution < -0.4 is 11.1 Å². The Morgan fingerprint density at radius 2 is 1.72 bits per heavy atom. The van der Waals surface area contributed by atoms with Crippen molar-refractivity contribution in [3.63, 3.8) is 0 Å². The van der Waals surface area contributed by atoms with Crippen molar-refractivity contribution in [2.24, 2.45) is 5.73 Å². The standard InChI is InChI=1S/C22H17N3O4S3/c1-32(28,29)14-10-11-17-18(12-14)31-22(24-17)25-21(27)16-9-5-8-15(20(23)26)19(16)30-13-6-3-2-4-7-13/h2-12H,1H3,(H2,23,26)(H,24,25,27). The number of carbonyl (C=O) groups excluding carboxylic acids is 2. The van der Waals surface area contributed by atoms with Crippen LogP contribution in [0.1, 0.15) is 20.7 Å². The van der Waals surface area contributed by atoms with Crippen molar-refractivity contribution >= 4 is 60.1 Å². The van der Waals surface area contributed by atoms with Crippen LogP contribution in [0.2, 0.25) is 0 Å². The molecule has 1 aromatic heterocycles. The molecular formula is C22H17N3O4S3. The van der Waals surface area contributed by atoms with Gasteiger partial charge >= 0.3 is 0 Å². The van der Waals surface area contributed by atoms with Crippen LogP contribution in [0.3, 0.4) is 0 Å². The third-order valence-corrected chi connectivity index (χ3v) is 7.69. The van der Waals surface area contributed by atoms with Gasteiger partial charge in [-0.05, 0) is 42.5 Å². The van der Waals surface area contributed by atoms with Gasteiger partial charge in [0.2, 0.25) is 5.91 Å². The molecule has 0 atom stereocenters. The molecule has 0 saturated heterocycles. The van der Waals surface area contributed by atoms with Crippen LogP contribution in [-0.2, 0) is 9.84 Å². The Hall–Kier alpha value is -3.21. The second-order valence-corrected chi connectivity index (χ2v) is 11.0. The fourth-order valence-electron chi connectivity index (χ4n) is 2.98. The van der Waals surface area contributed by atoms with Gasteiger partial charge in [0.1, 0.15) is 0 Å². The number of nitrogens with one attached hydrogen (secondary N) is 1. The summed E-state index contributed by atoms with van der Waals surface area (Å²) in [6.07, 6.45) is 1.13. The molecule has 162 valence electrons. The largest absolute Gasteiger partial charge is 0.366 e. The van der Waals surface area contributed by atoms with E-state index in [1.807, 2.05) is 30.3 Å². The second kappa shape index (κ2) is 8.73. The van der Waals surface area contributed by atoms with E-state index in [4.69, 9.17) is 5.73 Å². The lowest BCUT2D eigenvalue weighted by Crippen LogP contribution is -2.17. The molecule has 0 bridgehead atoms. The number of fused-ring (bicyclic) bond motifs is 1. The summed E-state index contributed by atoms with van der Waals surface area (Å²) in [5.41, 5.74) is 6.65. The molecule has 0 radical (unpaired) electrons. The zero-order valence-electron chi connectivity index (χ0n) is 16.7. The first-order valence-corrected chi connectivity index (χ1v) is 12.8. The Morgan fingerprint density at radius 3 is 2.41 bits per heavy atom. The van der Waals surface area contributed by atoms with Gasteiger partial charge in [0.15, 0.2) is 15.0 Å². The van der Waals surface area contributed by atoms with E-state index < -0.39 is 21.7 Å². The lowest BCUT2D eigenvalue weighted by Gasteiger charge is -2.12. The maximum atomic E-state index is 13.1. The van der Waals surface area contributed by atoms with Crippen molar-refractivity contribution < 1.29 is 18.0 Å². The van der Waals surface area contributed by atoms with Crippen LogP contribution >= 0.6 is 23.1 Å². The molecule has 0 aliphatic rings. The third kappa shape index (κ3) is 4.67. The number of carbonyl (C=O) groups is 2. The van der Waals surface area contributed by atoms with Crippen LogP contribution in [0.4, 0.5) is 5.13 Å². The molecule has 1 heterocycles. The normalized spacial score (nSPS) is 11.4. The summed E-state index contributed by atoms with van der Waals surface area (Å²) < 4.78 is 24.2. The molecule has 0 aliphatic heterocycles.